The smallest absolute Gasteiger partial charge is 0.306 e. The molecular weight excluding hydrogens is 681 g/mol. The summed E-state index contributed by atoms with van der Waals surface area (Å²) in [6, 6.07) is 30.5. The third-order valence-electron chi connectivity index (χ3n) is 10.7. The average molecular weight is 755 g/mol. The van der Waals surface area contributed by atoms with E-state index >= 15 is 0 Å². The highest BCUT2D eigenvalue weighted by Gasteiger charge is 2.38. The summed E-state index contributed by atoms with van der Waals surface area (Å²) in [5.41, 5.74) is 1.93. The van der Waals surface area contributed by atoms with Crippen LogP contribution >= 0.6 is 0 Å². The number of carbonyl (C=O) groups is 2. The van der Waals surface area contributed by atoms with Gasteiger partial charge in [-0.1, -0.05) is 233 Å². The lowest BCUT2D eigenvalue weighted by Gasteiger charge is -2.37. The van der Waals surface area contributed by atoms with Crippen LogP contribution in [0.3, 0.4) is 0 Å². The molecule has 1 atom stereocenters. The van der Waals surface area contributed by atoms with Gasteiger partial charge < -0.3 is 14.2 Å². The van der Waals surface area contributed by atoms with Crippen molar-refractivity contribution in [3.8, 4) is 0 Å². The molecule has 0 aliphatic rings. The van der Waals surface area contributed by atoms with E-state index in [0.29, 0.717) is 12.8 Å². The van der Waals surface area contributed by atoms with E-state index in [9.17, 15) is 9.59 Å². The van der Waals surface area contributed by atoms with Crippen molar-refractivity contribution in [2.75, 3.05) is 13.2 Å². The van der Waals surface area contributed by atoms with Crippen LogP contribution in [-0.4, -0.2) is 31.3 Å². The van der Waals surface area contributed by atoms with Gasteiger partial charge in [-0.15, -0.1) is 0 Å². The third kappa shape index (κ3) is 18.8. The van der Waals surface area contributed by atoms with Gasteiger partial charge in [0, 0.05) is 12.8 Å². The minimum atomic E-state index is -0.968. The molecule has 0 aliphatic carbocycles. The molecule has 0 radical (unpaired) electrons. The van der Waals surface area contributed by atoms with Crippen molar-refractivity contribution in [2.24, 2.45) is 0 Å². The van der Waals surface area contributed by atoms with Gasteiger partial charge in [0.1, 0.15) is 12.2 Å². The Morgan fingerprint density at radius 3 is 1.13 bits per heavy atom. The Morgan fingerprint density at radius 2 is 0.764 bits per heavy atom. The van der Waals surface area contributed by atoms with E-state index in [1.165, 1.54) is 103 Å². The van der Waals surface area contributed by atoms with Crippen molar-refractivity contribution in [3.05, 3.63) is 108 Å². The van der Waals surface area contributed by atoms with Crippen molar-refractivity contribution in [2.45, 2.75) is 180 Å². The second-order valence-electron chi connectivity index (χ2n) is 15.5. The van der Waals surface area contributed by atoms with E-state index in [2.05, 4.69) is 50.2 Å². The summed E-state index contributed by atoms with van der Waals surface area (Å²) in [4.78, 5) is 26.2. The highest BCUT2D eigenvalue weighted by atomic mass is 16.6. The van der Waals surface area contributed by atoms with Crippen LogP contribution in [0.1, 0.15) is 185 Å². The SMILES string of the molecule is CCCCCCCCCCCCCCCC(=O)OC[C@H](COC(c1ccccc1)(c1ccccc1)c1ccccc1)OC(=O)CCCCCCCCCCC. The molecule has 0 aromatic heterocycles. The number of ether oxygens (including phenoxy) is 3. The first-order valence-corrected chi connectivity index (χ1v) is 22.3. The molecule has 5 nitrogen and oxygen atoms in total. The van der Waals surface area contributed by atoms with Gasteiger partial charge in [-0.05, 0) is 29.5 Å². The van der Waals surface area contributed by atoms with Gasteiger partial charge in [-0.25, -0.2) is 0 Å². The van der Waals surface area contributed by atoms with E-state index in [4.69, 9.17) is 14.2 Å². The van der Waals surface area contributed by atoms with Gasteiger partial charge in [0.05, 0.1) is 6.61 Å². The Hall–Kier alpha value is -3.44. The molecule has 0 heterocycles. The maximum atomic E-state index is 13.2. The molecule has 55 heavy (non-hydrogen) atoms. The van der Waals surface area contributed by atoms with Gasteiger partial charge >= 0.3 is 11.9 Å². The van der Waals surface area contributed by atoms with E-state index in [-0.39, 0.29) is 25.2 Å². The number of hydrogen-bond acceptors (Lipinski definition) is 5. The number of unbranched alkanes of at least 4 members (excludes halogenated alkanes) is 20. The second-order valence-corrected chi connectivity index (χ2v) is 15.5. The van der Waals surface area contributed by atoms with Gasteiger partial charge in [-0.3, -0.25) is 9.59 Å². The monoisotopic (exact) mass is 755 g/mol. The van der Waals surface area contributed by atoms with E-state index in [1.54, 1.807) is 0 Å². The molecule has 0 N–H and O–H groups in total. The van der Waals surface area contributed by atoms with E-state index < -0.39 is 11.7 Å². The van der Waals surface area contributed by atoms with Crippen LogP contribution in [0.4, 0.5) is 0 Å². The molecule has 304 valence electrons. The van der Waals surface area contributed by atoms with Crippen LogP contribution in [0.5, 0.6) is 0 Å². The number of hydrogen-bond donors (Lipinski definition) is 0. The lowest BCUT2D eigenvalue weighted by molar-refractivity contribution is -0.165. The summed E-state index contributed by atoms with van der Waals surface area (Å²) in [5, 5.41) is 0. The molecular formula is C50H74O5. The predicted molar refractivity (Wildman–Crippen MR) is 228 cm³/mol. The molecule has 0 unspecified atom stereocenters. The first-order chi connectivity index (χ1) is 27.1. The van der Waals surface area contributed by atoms with Crippen LogP contribution in [-0.2, 0) is 29.4 Å². The van der Waals surface area contributed by atoms with Crippen LogP contribution in [0, 0.1) is 0 Å². The van der Waals surface area contributed by atoms with E-state index in [1.807, 2.05) is 54.6 Å². The summed E-state index contributed by atoms with van der Waals surface area (Å²) in [6.07, 6.45) is 26.9. The summed E-state index contributed by atoms with van der Waals surface area (Å²) >= 11 is 0. The fraction of sp³-hybridized carbons (Fsp3) is 0.600. The number of benzene rings is 3. The first-order valence-electron chi connectivity index (χ1n) is 22.3. The summed E-state index contributed by atoms with van der Waals surface area (Å²) < 4.78 is 18.8. The molecule has 0 bridgehead atoms. The lowest BCUT2D eigenvalue weighted by atomic mass is 9.80. The Morgan fingerprint density at radius 1 is 0.436 bits per heavy atom. The quantitative estimate of drug-likeness (QED) is 0.0352. The zero-order valence-electron chi connectivity index (χ0n) is 34.7. The summed E-state index contributed by atoms with van der Waals surface area (Å²) in [6.45, 7) is 4.54. The maximum absolute atomic E-state index is 13.2. The number of carbonyl (C=O) groups excluding carboxylic acids is 2. The van der Waals surface area contributed by atoms with Crippen molar-refractivity contribution in [3.63, 3.8) is 0 Å². The molecule has 0 saturated heterocycles. The highest BCUT2D eigenvalue weighted by molar-refractivity contribution is 5.70. The lowest BCUT2D eigenvalue weighted by Crippen LogP contribution is -2.38. The molecule has 3 aromatic carbocycles. The van der Waals surface area contributed by atoms with Gasteiger partial charge in [0.15, 0.2) is 6.10 Å². The van der Waals surface area contributed by atoms with Crippen LogP contribution in [0.2, 0.25) is 0 Å². The fourth-order valence-electron chi connectivity index (χ4n) is 7.47. The van der Waals surface area contributed by atoms with E-state index in [0.717, 1.165) is 55.2 Å². The topological polar surface area (TPSA) is 61.8 Å². The van der Waals surface area contributed by atoms with Gasteiger partial charge in [0.2, 0.25) is 0 Å². The Balaban J connectivity index is 1.57. The van der Waals surface area contributed by atoms with Crippen LogP contribution < -0.4 is 0 Å². The average Bonchev–Trinajstić information content (AvgIpc) is 3.22. The van der Waals surface area contributed by atoms with Gasteiger partial charge in [-0.2, -0.15) is 0 Å². The molecule has 5 heteroatoms. The molecule has 0 fully saturated rings. The molecule has 0 saturated carbocycles. The number of esters is 2. The Bertz CT molecular complexity index is 1260. The summed E-state index contributed by atoms with van der Waals surface area (Å²) in [7, 11) is 0. The zero-order chi connectivity index (χ0) is 39.1. The standard InChI is InChI=1S/C50H74O5/c1-3-5-7-9-11-13-14-15-16-18-19-21-32-40-48(51)53-42-47(55-49(52)41-33-22-20-17-12-10-8-6-4-2)43-54-50(44-34-26-23-27-35-44,45-36-28-24-29-37-45)46-38-30-25-31-39-46/h23-31,34-39,47H,3-22,32-33,40-43H2,1-2H3/t47-/m1/s1. The Labute approximate surface area is 335 Å². The van der Waals surface area contributed by atoms with Crippen molar-refractivity contribution >= 4 is 11.9 Å². The predicted octanol–water partition coefficient (Wildman–Crippen LogP) is 13.9. The maximum Gasteiger partial charge on any atom is 0.306 e. The third-order valence-corrected chi connectivity index (χ3v) is 10.7. The molecule has 3 aromatic rings. The second kappa shape index (κ2) is 29.8. The molecule has 3 rings (SSSR count). The van der Waals surface area contributed by atoms with Crippen molar-refractivity contribution in [1.29, 1.82) is 0 Å². The van der Waals surface area contributed by atoms with Crippen LogP contribution in [0.15, 0.2) is 91.0 Å². The largest absolute Gasteiger partial charge is 0.462 e. The highest BCUT2D eigenvalue weighted by Crippen LogP contribution is 2.40. The molecule has 0 amide bonds. The van der Waals surface area contributed by atoms with Crippen molar-refractivity contribution < 1.29 is 23.8 Å². The van der Waals surface area contributed by atoms with Gasteiger partial charge in [0.25, 0.3) is 0 Å². The first kappa shape index (κ1) is 45.9. The van der Waals surface area contributed by atoms with Crippen LogP contribution in [0.25, 0.3) is 0 Å². The number of rotatable bonds is 33. The fourth-order valence-corrected chi connectivity index (χ4v) is 7.47. The summed E-state index contributed by atoms with van der Waals surface area (Å²) in [5.74, 6) is -0.516. The molecule has 0 aliphatic heterocycles. The van der Waals surface area contributed by atoms with Crippen molar-refractivity contribution in [1.82, 2.24) is 0 Å². The minimum Gasteiger partial charge on any atom is -0.462 e. The molecule has 0 spiro atoms. The minimum absolute atomic E-state index is 0.0325. The zero-order valence-corrected chi connectivity index (χ0v) is 34.7. The normalized spacial score (nSPS) is 12.0. The Kier molecular flexibility index (Phi) is 24.9.